The van der Waals surface area contributed by atoms with Gasteiger partial charge in [0, 0.05) is 25.2 Å². The molecule has 3 aromatic rings. The minimum atomic E-state index is -0.429. The molecule has 7 heteroatoms. The minimum Gasteiger partial charge on any atom is -0.454 e. The molecule has 0 saturated carbocycles. The number of rotatable bonds is 4. The zero-order valence-corrected chi connectivity index (χ0v) is 13.6. The van der Waals surface area contributed by atoms with E-state index >= 15 is 0 Å². The highest BCUT2D eigenvalue weighted by molar-refractivity contribution is 5.92. The van der Waals surface area contributed by atoms with Gasteiger partial charge in [-0.3, -0.25) is 9.36 Å². The molecule has 1 N–H and O–H groups in total. The van der Waals surface area contributed by atoms with Crippen LogP contribution in [0.25, 0.3) is 11.1 Å². The smallest absolute Gasteiger partial charge is 0.419 e. The SMILES string of the molecule is Cn1c(=O)oc2cc(NC(=O)CCc3ccc4c(c3)OCO4)ccc21. The van der Waals surface area contributed by atoms with Crippen LogP contribution in [-0.2, 0) is 18.3 Å². The highest BCUT2D eigenvalue weighted by Gasteiger charge is 2.14. The summed E-state index contributed by atoms with van der Waals surface area (Å²) in [6.07, 6.45) is 0.918. The Morgan fingerprint density at radius 1 is 1.16 bits per heavy atom. The van der Waals surface area contributed by atoms with Gasteiger partial charge in [-0.25, -0.2) is 4.79 Å². The second-order valence-electron chi connectivity index (χ2n) is 5.85. The van der Waals surface area contributed by atoms with E-state index in [4.69, 9.17) is 13.9 Å². The molecule has 4 rings (SSSR count). The van der Waals surface area contributed by atoms with Crippen molar-refractivity contribution in [2.24, 2.45) is 7.05 Å². The normalized spacial score (nSPS) is 12.5. The van der Waals surface area contributed by atoms with Gasteiger partial charge in [0.1, 0.15) is 0 Å². The molecule has 0 aliphatic carbocycles. The number of benzene rings is 2. The number of carbonyl (C=O) groups is 1. The summed E-state index contributed by atoms with van der Waals surface area (Å²) in [6.45, 7) is 0.233. The molecule has 2 heterocycles. The molecule has 0 atom stereocenters. The first-order valence-electron chi connectivity index (χ1n) is 7.88. The Kier molecular flexibility index (Phi) is 3.68. The summed E-state index contributed by atoms with van der Waals surface area (Å²) in [4.78, 5) is 23.7. The van der Waals surface area contributed by atoms with Gasteiger partial charge in [-0.15, -0.1) is 0 Å². The predicted octanol–water partition coefficient (Wildman–Crippen LogP) is 2.43. The number of amides is 1. The average molecular weight is 340 g/mol. The Bertz CT molecular complexity index is 1020. The van der Waals surface area contributed by atoms with E-state index in [1.54, 1.807) is 25.2 Å². The highest BCUT2D eigenvalue weighted by Crippen LogP contribution is 2.32. The molecule has 1 aromatic heterocycles. The molecule has 7 nitrogen and oxygen atoms in total. The molecule has 0 saturated heterocycles. The van der Waals surface area contributed by atoms with Crippen molar-refractivity contribution in [1.29, 1.82) is 0 Å². The average Bonchev–Trinajstić information content (AvgIpc) is 3.17. The van der Waals surface area contributed by atoms with E-state index in [-0.39, 0.29) is 12.7 Å². The number of aryl methyl sites for hydroxylation is 2. The Hall–Kier alpha value is -3.22. The first kappa shape index (κ1) is 15.3. The number of aromatic nitrogens is 1. The molecule has 0 radical (unpaired) electrons. The summed E-state index contributed by atoms with van der Waals surface area (Å²) < 4.78 is 17.1. The fourth-order valence-corrected chi connectivity index (χ4v) is 2.79. The van der Waals surface area contributed by atoms with Crippen molar-refractivity contribution >= 4 is 22.7 Å². The molecule has 1 amide bonds. The van der Waals surface area contributed by atoms with E-state index in [0.717, 1.165) is 11.3 Å². The van der Waals surface area contributed by atoms with Crippen LogP contribution in [0.15, 0.2) is 45.6 Å². The lowest BCUT2D eigenvalue weighted by atomic mass is 10.1. The van der Waals surface area contributed by atoms with Gasteiger partial charge in [-0.05, 0) is 36.2 Å². The van der Waals surface area contributed by atoms with Crippen LogP contribution in [0.3, 0.4) is 0 Å². The van der Waals surface area contributed by atoms with Gasteiger partial charge in [0.25, 0.3) is 0 Å². The van der Waals surface area contributed by atoms with Gasteiger partial charge >= 0.3 is 5.76 Å². The number of nitrogens with zero attached hydrogens (tertiary/aromatic N) is 1. The quantitative estimate of drug-likeness (QED) is 0.789. The van der Waals surface area contributed by atoms with E-state index in [1.165, 1.54) is 4.57 Å². The predicted molar refractivity (Wildman–Crippen MR) is 91.0 cm³/mol. The number of nitrogens with one attached hydrogen (secondary N) is 1. The van der Waals surface area contributed by atoms with Crippen LogP contribution in [0.2, 0.25) is 0 Å². The van der Waals surface area contributed by atoms with Crippen LogP contribution in [0.4, 0.5) is 5.69 Å². The van der Waals surface area contributed by atoms with Crippen molar-refractivity contribution in [2.45, 2.75) is 12.8 Å². The van der Waals surface area contributed by atoms with Crippen molar-refractivity contribution in [1.82, 2.24) is 4.57 Å². The molecule has 2 aromatic carbocycles. The Balaban J connectivity index is 1.41. The molecule has 25 heavy (non-hydrogen) atoms. The summed E-state index contributed by atoms with van der Waals surface area (Å²) in [6, 6.07) is 10.8. The maximum absolute atomic E-state index is 12.2. The zero-order valence-electron chi connectivity index (χ0n) is 13.6. The first-order chi connectivity index (χ1) is 12.1. The van der Waals surface area contributed by atoms with Gasteiger partial charge in [0.05, 0.1) is 5.52 Å². The number of carbonyl (C=O) groups excluding carboxylic acids is 1. The van der Waals surface area contributed by atoms with Gasteiger partial charge in [0.15, 0.2) is 17.1 Å². The number of fused-ring (bicyclic) bond motifs is 2. The lowest BCUT2D eigenvalue weighted by molar-refractivity contribution is -0.116. The largest absolute Gasteiger partial charge is 0.454 e. The van der Waals surface area contributed by atoms with E-state index in [1.807, 2.05) is 18.2 Å². The topological polar surface area (TPSA) is 82.7 Å². The number of anilines is 1. The number of oxazole rings is 1. The molecule has 1 aliphatic rings. The van der Waals surface area contributed by atoms with Crippen molar-refractivity contribution in [2.75, 3.05) is 12.1 Å². The van der Waals surface area contributed by atoms with E-state index in [2.05, 4.69) is 5.32 Å². The van der Waals surface area contributed by atoms with Gasteiger partial charge in [0.2, 0.25) is 12.7 Å². The third kappa shape index (κ3) is 2.96. The second kappa shape index (κ2) is 6.01. The zero-order chi connectivity index (χ0) is 17.4. The fraction of sp³-hybridized carbons (Fsp3) is 0.222. The van der Waals surface area contributed by atoms with Crippen LogP contribution >= 0.6 is 0 Å². The highest BCUT2D eigenvalue weighted by atomic mass is 16.7. The lowest BCUT2D eigenvalue weighted by Crippen LogP contribution is -2.12. The van der Waals surface area contributed by atoms with E-state index in [0.29, 0.717) is 35.4 Å². The standard InChI is InChI=1S/C18H16N2O5/c1-20-13-5-4-12(9-15(13)25-18(20)22)19-17(21)7-3-11-2-6-14-16(8-11)24-10-23-14/h2,4-6,8-9H,3,7,10H2,1H3,(H,19,21). The van der Waals surface area contributed by atoms with Crippen LogP contribution in [0.5, 0.6) is 11.5 Å². The third-order valence-electron chi connectivity index (χ3n) is 4.15. The fourth-order valence-electron chi connectivity index (χ4n) is 2.79. The van der Waals surface area contributed by atoms with Gasteiger partial charge in [-0.1, -0.05) is 6.07 Å². The van der Waals surface area contributed by atoms with Crippen LogP contribution < -0.4 is 20.5 Å². The van der Waals surface area contributed by atoms with Gasteiger partial charge in [-0.2, -0.15) is 0 Å². The molecular formula is C18H16N2O5. The second-order valence-corrected chi connectivity index (χ2v) is 5.85. The minimum absolute atomic E-state index is 0.115. The monoisotopic (exact) mass is 340 g/mol. The molecule has 128 valence electrons. The molecular weight excluding hydrogens is 324 g/mol. The molecule has 0 spiro atoms. The summed E-state index contributed by atoms with van der Waals surface area (Å²) in [7, 11) is 1.64. The van der Waals surface area contributed by atoms with E-state index < -0.39 is 5.76 Å². The van der Waals surface area contributed by atoms with Crippen LogP contribution in [0, 0.1) is 0 Å². The first-order valence-corrected chi connectivity index (χ1v) is 7.88. The Morgan fingerprint density at radius 2 is 2.00 bits per heavy atom. The Labute approximate surface area is 142 Å². The van der Waals surface area contributed by atoms with Crippen molar-refractivity contribution < 1.29 is 18.7 Å². The molecule has 0 fully saturated rings. The van der Waals surface area contributed by atoms with Crippen LogP contribution in [0.1, 0.15) is 12.0 Å². The summed E-state index contributed by atoms with van der Waals surface area (Å²) in [5.74, 6) is 0.893. The summed E-state index contributed by atoms with van der Waals surface area (Å²) >= 11 is 0. The van der Waals surface area contributed by atoms with E-state index in [9.17, 15) is 9.59 Å². The molecule has 0 bridgehead atoms. The van der Waals surface area contributed by atoms with Crippen molar-refractivity contribution in [3.05, 3.63) is 52.5 Å². The molecule has 0 unspecified atom stereocenters. The lowest BCUT2D eigenvalue weighted by Gasteiger charge is -2.06. The maximum Gasteiger partial charge on any atom is 0.419 e. The maximum atomic E-state index is 12.2. The van der Waals surface area contributed by atoms with Crippen molar-refractivity contribution in [3.8, 4) is 11.5 Å². The Morgan fingerprint density at radius 3 is 2.88 bits per heavy atom. The van der Waals surface area contributed by atoms with Gasteiger partial charge < -0.3 is 19.2 Å². The van der Waals surface area contributed by atoms with Crippen molar-refractivity contribution in [3.63, 3.8) is 0 Å². The number of hydrogen-bond acceptors (Lipinski definition) is 5. The third-order valence-corrected chi connectivity index (χ3v) is 4.15. The number of hydrogen-bond donors (Lipinski definition) is 1. The number of ether oxygens (including phenoxy) is 2. The summed E-state index contributed by atoms with van der Waals surface area (Å²) in [5.41, 5.74) is 2.73. The summed E-state index contributed by atoms with van der Waals surface area (Å²) in [5, 5.41) is 2.82. The molecule has 1 aliphatic heterocycles. The van der Waals surface area contributed by atoms with Crippen LogP contribution in [-0.4, -0.2) is 17.3 Å².